The fourth-order valence-corrected chi connectivity index (χ4v) is 0.905. The molecule has 0 bridgehead atoms. The van der Waals surface area contributed by atoms with Crippen LogP contribution < -0.4 is 10.6 Å². The number of hydrogen-bond donors (Lipinski definition) is 2. The summed E-state index contributed by atoms with van der Waals surface area (Å²) < 4.78 is 5.01. The molecule has 0 aliphatic carbocycles. The Kier molecular flexibility index (Phi) is 3.41. The van der Waals surface area contributed by atoms with Crippen molar-refractivity contribution in [2.75, 3.05) is 13.7 Å². The molecule has 0 saturated carbocycles. The second-order valence-electron chi connectivity index (χ2n) is 2.76. The number of carbonyl (C=O) groups is 2. The number of Topliss-reactive ketones (excluding diaryl/α,β-unsaturated/α-hetero) is 1. The van der Waals surface area contributed by atoms with E-state index in [1.165, 1.54) is 19.1 Å². The summed E-state index contributed by atoms with van der Waals surface area (Å²) >= 11 is 0. The summed E-state index contributed by atoms with van der Waals surface area (Å²) in [4.78, 5) is 22.1. The van der Waals surface area contributed by atoms with E-state index in [-0.39, 0.29) is 23.2 Å². The highest BCUT2D eigenvalue weighted by molar-refractivity contribution is 5.95. The van der Waals surface area contributed by atoms with Gasteiger partial charge in [-0.3, -0.25) is 9.59 Å². The molecule has 14 heavy (non-hydrogen) atoms. The van der Waals surface area contributed by atoms with Crippen LogP contribution in [0, 0.1) is 0 Å². The minimum atomic E-state index is -0.341. The zero-order valence-electron chi connectivity index (χ0n) is 8.09. The van der Waals surface area contributed by atoms with Gasteiger partial charge in [-0.05, 0) is 19.2 Å². The Morgan fingerprint density at radius 2 is 2.00 bits per heavy atom. The van der Waals surface area contributed by atoms with Crippen LogP contribution in [0.4, 0.5) is 0 Å². The van der Waals surface area contributed by atoms with Gasteiger partial charge in [-0.25, -0.2) is 0 Å². The molecule has 1 amide bonds. The second-order valence-corrected chi connectivity index (χ2v) is 2.76. The van der Waals surface area contributed by atoms with Crippen LogP contribution in [0.3, 0.4) is 0 Å². The van der Waals surface area contributed by atoms with Gasteiger partial charge >= 0.3 is 0 Å². The maximum absolute atomic E-state index is 11.3. The smallest absolute Gasteiger partial charge is 0.288 e. The lowest BCUT2D eigenvalue weighted by atomic mass is 10.3. The van der Waals surface area contributed by atoms with Crippen molar-refractivity contribution < 1.29 is 14.0 Å². The van der Waals surface area contributed by atoms with E-state index in [2.05, 4.69) is 10.6 Å². The lowest BCUT2D eigenvalue weighted by molar-refractivity contribution is 0.0916. The summed E-state index contributed by atoms with van der Waals surface area (Å²) in [5, 5.41) is 5.30. The summed E-state index contributed by atoms with van der Waals surface area (Å²) in [6.07, 6.45) is 0. The first kappa shape index (κ1) is 10.5. The number of furan rings is 1. The molecule has 0 aromatic carbocycles. The second kappa shape index (κ2) is 4.57. The van der Waals surface area contributed by atoms with Crippen molar-refractivity contribution in [1.82, 2.24) is 10.6 Å². The number of hydrogen-bond acceptors (Lipinski definition) is 4. The van der Waals surface area contributed by atoms with E-state index < -0.39 is 0 Å². The molecule has 1 rings (SSSR count). The van der Waals surface area contributed by atoms with E-state index in [4.69, 9.17) is 4.42 Å². The Balaban J connectivity index is 2.66. The highest BCUT2D eigenvalue weighted by Crippen LogP contribution is 2.07. The normalized spacial score (nSPS) is 9.86. The summed E-state index contributed by atoms with van der Waals surface area (Å²) in [7, 11) is 1.71. The van der Waals surface area contributed by atoms with Gasteiger partial charge in [0.15, 0.2) is 17.3 Å². The summed E-state index contributed by atoms with van der Waals surface area (Å²) in [5.74, 6) is -0.199. The van der Waals surface area contributed by atoms with Crippen molar-refractivity contribution in [2.24, 2.45) is 0 Å². The van der Waals surface area contributed by atoms with E-state index >= 15 is 0 Å². The van der Waals surface area contributed by atoms with E-state index in [1.807, 2.05) is 0 Å². The van der Waals surface area contributed by atoms with Crippen molar-refractivity contribution in [3.8, 4) is 0 Å². The fraction of sp³-hybridized carbons (Fsp3) is 0.333. The van der Waals surface area contributed by atoms with Crippen LogP contribution in [0.15, 0.2) is 16.5 Å². The quantitative estimate of drug-likeness (QED) is 0.539. The van der Waals surface area contributed by atoms with Gasteiger partial charge in [0, 0.05) is 6.92 Å². The first-order valence-corrected chi connectivity index (χ1v) is 4.18. The molecule has 2 N–H and O–H groups in total. The first-order chi connectivity index (χ1) is 6.65. The zero-order valence-corrected chi connectivity index (χ0v) is 8.09. The maximum Gasteiger partial charge on any atom is 0.288 e. The number of nitrogens with one attached hydrogen (secondary N) is 2. The Bertz CT molecular complexity index is 344. The molecule has 5 heteroatoms. The zero-order chi connectivity index (χ0) is 10.6. The van der Waals surface area contributed by atoms with Crippen molar-refractivity contribution in [1.29, 1.82) is 0 Å². The third kappa shape index (κ3) is 2.43. The summed E-state index contributed by atoms with van der Waals surface area (Å²) in [6, 6.07) is 2.96. The predicted octanol–water partition coefficient (Wildman–Crippen LogP) is 0.389. The third-order valence-electron chi connectivity index (χ3n) is 1.60. The minimum Gasteiger partial charge on any atom is -0.448 e. The molecular weight excluding hydrogens is 184 g/mol. The molecule has 0 spiro atoms. The van der Waals surface area contributed by atoms with Crippen LogP contribution in [-0.2, 0) is 0 Å². The van der Waals surface area contributed by atoms with Gasteiger partial charge in [0.25, 0.3) is 5.91 Å². The topological polar surface area (TPSA) is 71.3 Å². The molecule has 1 heterocycles. The largest absolute Gasteiger partial charge is 0.448 e. The van der Waals surface area contributed by atoms with Gasteiger partial charge in [0.2, 0.25) is 0 Å². The fourth-order valence-electron chi connectivity index (χ4n) is 0.905. The van der Waals surface area contributed by atoms with E-state index in [9.17, 15) is 9.59 Å². The molecule has 0 fully saturated rings. The molecule has 5 nitrogen and oxygen atoms in total. The Morgan fingerprint density at radius 1 is 1.36 bits per heavy atom. The molecule has 76 valence electrons. The highest BCUT2D eigenvalue weighted by Gasteiger charge is 2.11. The van der Waals surface area contributed by atoms with Crippen LogP contribution >= 0.6 is 0 Å². The van der Waals surface area contributed by atoms with Crippen LogP contribution in [0.25, 0.3) is 0 Å². The molecule has 0 aliphatic rings. The number of rotatable bonds is 4. The van der Waals surface area contributed by atoms with Crippen LogP contribution in [0.2, 0.25) is 0 Å². The monoisotopic (exact) mass is 196 g/mol. The van der Waals surface area contributed by atoms with Gasteiger partial charge in [-0.2, -0.15) is 0 Å². The van der Waals surface area contributed by atoms with Crippen molar-refractivity contribution in [3.63, 3.8) is 0 Å². The molecule has 0 aliphatic heterocycles. The molecule has 1 aromatic rings. The van der Waals surface area contributed by atoms with Gasteiger partial charge in [0.05, 0.1) is 6.67 Å². The lowest BCUT2D eigenvalue weighted by Gasteiger charge is -2.00. The summed E-state index contributed by atoms with van der Waals surface area (Å²) in [5.41, 5.74) is 0. The first-order valence-electron chi connectivity index (χ1n) is 4.18. The number of carbonyl (C=O) groups excluding carboxylic acids is 2. The number of amides is 1. The molecule has 0 radical (unpaired) electrons. The average Bonchev–Trinajstić information content (AvgIpc) is 2.62. The molecule has 1 aromatic heterocycles. The summed E-state index contributed by atoms with van der Waals surface area (Å²) in [6.45, 7) is 1.74. The average molecular weight is 196 g/mol. The Labute approximate surface area is 81.5 Å². The predicted molar refractivity (Wildman–Crippen MR) is 50.1 cm³/mol. The highest BCUT2D eigenvalue weighted by atomic mass is 16.4. The molecule has 0 atom stereocenters. The molecule has 0 unspecified atom stereocenters. The molecule has 0 saturated heterocycles. The van der Waals surface area contributed by atoms with E-state index in [0.717, 1.165) is 0 Å². The minimum absolute atomic E-state index is 0.144. The van der Waals surface area contributed by atoms with Gasteiger partial charge < -0.3 is 15.1 Å². The van der Waals surface area contributed by atoms with Crippen molar-refractivity contribution >= 4 is 11.7 Å². The van der Waals surface area contributed by atoms with Crippen LogP contribution in [0.1, 0.15) is 28.0 Å². The Hall–Kier alpha value is -1.62. The maximum atomic E-state index is 11.3. The van der Waals surface area contributed by atoms with E-state index in [1.54, 1.807) is 7.05 Å². The van der Waals surface area contributed by atoms with E-state index in [0.29, 0.717) is 6.67 Å². The van der Waals surface area contributed by atoms with Crippen molar-refractivity contribution in [3.05, 3.63) is 23.7 Å². The lowest BCUT2D eigenvalue weighted by Crippen LogP contribution is -2.31. The van der Waals surface area contributed by atoms with Gasteiger partial charge in [-0.1, -0.05) is 0 Å². The molecular formula is C9H12N2O3. The Morgan fingerprint density at radius 3 is 2.50 bits per heavy atom. The van der Waals surface area contributed by atoms with Crippen LogP contribution in [0.5, 0.6) is 0 Å². The SMILES string of the molecule is CNCNC(=O)c1ccc(C(C)=O)o1. The van der Waals surface area contributed by atoms with Gasteiger partial charge in [0.1, 0.15) is 0 Å². The standard InChI is InChI=1S/C9H12N2O3/c1-6(12)7-3-4-8(14-7)9(13)11-5-10-2/h3-4,10H,5H2,1-2H3,(H,11,13). The van der Waals surface area contributed by atoms with Gasteiger partial charge in [-0.15, -0.1) is 0 Å². The van der Waals surface area contributed by atoms with Crippen molar-refractivity contribution in [2.45, 2.75) is 6.92 Å². The number of ketones is 1. The van der Waals surface area contributed by atoms with Crippen LogP contribution in [-0.4, -0.2) is 25.4 Å². The third-order valence-corrected chi connectivity index (χ3v) is 1.60.